The molecule has 1 aliphatic heterocycles. The molecule has 0 bridgehead atoms. The van der Waals surface area contributed by atoms with Crippen LogP contribution >= 0.6 is 11.6 Å². The number of hydrogen-bond donors (Lipinski definition) is 2. The Kier molecular flexibility index (Phi) is 4.49. The third-order valence-electron chi connectivity index (χ3n) is 3.74. The van der Waals surface area contributed by atoms with Gasteiger partial charge in [0.15, 0.2) is 0 Å². The number of piperidine rings is 1. The minimum atomic E-state index is -0.0586. The van der Waals surface area contributed by atoms with Gasteiger partial charge in [0.05, 0.1) is 10.6 Å². The summed E-state index contributed by atoms with van der Waals surface area (Å²) in [5, 5.41) is 12.2. The summed E-state index contributed by atoms with van der Waals surface area (Å²) in [6.45, 7) is 3.05. The maximum absolute atomic E-state index is 12.4. The highest BCUT2D eigenvalue weighted by Gasteiger charge is 2.26. The highest BCUT2D eigenvalue weighted by molar-refractivity contribution is 6.34. The molecule has 0 aliphatic carbocycles. The van der Waals surface area contributed by atoms with Crippen LogP contribution in [0.25, 0.3) is 0 Å². The van der Waals surface area contributed by atoms with E-state index in [4.69, 9.17) is 22.5 Å². The molecule has 2 rings (SSSR count). The lowest BCUT2D eigenvalue weighted by Crippen LogP contribution is -2.41. The van der Waals surface area contributed by atoms with Crippen molar-refractivity contribution < 1.29 is 10.0 Å². The standard InChI is InChI=1S/C14H18ClN3O2/c1-9-3-2-4-11(12(9)15)14(19)18-7-5-10(6-8-18)13(16)17-20/h2-4,10,20H,5-8H2,1H3,(H2,16,17). The van der Waals surface area contributed by atoms with Crippen LogP contribution in [0.3, 0.4) is 0 Å². The van der Waals surface area contributed by atoms with E-state index in [1.807, 2.05) is 19.1 Å². The largest absolute Gasteiger partial charge is 0.409 e. The second-order valence-corrected chi connectivity index (χ2v) is 5.41. The smallest absolute Gasteiger partial charge is 0.255 e. The summed E-state index contributed by atoms with van der Waals surface area (Å²) < 4.78 is 0. The van der Waals surface area contributed by atoms with E-state index < -0.39 is 0 Å². The fraction of sp³-hybridized carbons (Fsp3) is 0.429. The molecule has 1 heterocycles. The maximum Gasteiger partial charge on any atom is 0.255 e. The monoisotopic (exact) mass is 295 g/mol. The predicted octanol–water partition coefficient (Wildman–Crippen LogP) is 2.25. The molecule has 108 valence electrons. The zero-order valence-electron chi connectivity index (χ0n) is 11.3. The number of carbonyl (C=O) groups excluding carboxylic acids is 1. The van der Waals surface area contributed by atoms with E-state index in [0.717, 1.165) is 5.56 Å². The van der Waals surface area contributed by atoms with E-state index in [0.29, 0.717) is 36.5 Å². The van der Waals surface area contributed by atoms with Gasteiger partial charge in [-0.1, -0.05) is 28.9 Å². The van der Waals surface area contributed by atoms with Gasteiger partial charge in [-0.2, -0.15) is 0 Å². The van der Waals surface area contributed by atoms with Gasteiger partial charge >= 0.3 is 0 Å². The first kappa shape index (κ1) is 14.7. The Morgan fingerprint density at radius 2 is 2.10 bits per heavy atom. The third kappa shape index (κ3) is 2.88. The van der Waals surface area contributed by atoms with E-state index in [-0.39, 0.29) is 17.7 Å². The van der Waals surface area contributed by atoms with Crippen LogP contribution in [0.4, 0.5) is 0 Å². The molecular weight excluding hydrogens is 278 g/mol. The number of likely N-dealkylation sites (tertiary alicyclic amines) is 1. The minimum Gasteiger partial charge on any atom is -0.409 e. The van der Waals surface area contributed by atoms with Gasteiger partial charge in [0, 0.05) is 19.0 Å². The predicted molar refractivity (Wildman–Crippen MR) is 78.2 cm³/mol. The van der Waals surface area contributed by atoms with Gasteiger partial charge in [-0.15, -0.1) is 0 Å². The third-order valence-corrected chi connectivity index (χ3v) is 4.24. The number of hydrogen-bond acceptors (Lipinski definition) is 3. The van der Waals surface area contributed by atoms with Crippen LogP contribution in [0.5, 0.6) is 0 Å². The fourth-order valence-corrected chi connectivity index (χ4v) is 2.65. The molecule has 0 radical (unpaired) electrons. The molecule has 1 aliphatic rings. The first-order valence-corrected chi connectivity index (χ1v) is 6.94. The Hall–Kier alpha value is -1.75. The molecule has 1 fully saturated rings. The molecule has 1 aromatic rings. The molecule has 6 heteroatoms. The molecule has 5 nitrogen and oxygen atoms in total. The highest BCUT2D eigenvalue weighted by atomic mass is 35.5. The quantitative estimate of drug-likeness (QED) is 0.380. The lowest BCUT2D eigenvalue weighted by molar-refractivity contribution is 0.0709. The van der Waals surface area contributed by atoms with E-state index in [2.05, 4.69) is 5.16 Å². The second-order valence-electron chi connectivity index (χ2n) is 5.03. The van der Waals surface area contributed by atoms with Crippen LogP contribution in [0, 0.1) is 12.8 Å². The molecular formula is C14H18ClN3O2. The Labute approximate surface area is 123 Å². The number of benzene rings is 1. The van der Waals surface area contributed by atoms with Gasteiger partial charge in [0.1, 0.15) is 5.84 Å². The van der Waals surface area contributed by atoms with Crippen molar-refractivity contribution in [2.24, 2.45) is 16.8 Å². The van der Waals surface area contributed by atoms with Crippen molar-refractivity contribution in [1.82, 2.24) is 4.90 Å². The highest BCUT2D eigenvalue weighted by Crippen LogP contribution is 2.24. The number of amides is 1. The van der Waals surface area contributed by atoms with Gasteiger partial charge in [0.2, 0.25) is 0 Å². The van der Waals surface area contributed by atoms with Gasteiger partial charge in [-0.05, 0) is 31.4 Å². The van der Waals surface area contributed by atoms with Crippen LogP contribution in [0.2, 0.25) is 5.02 Å². The summed E-state index contributed by atoms with van der Waals surface area (Å²) in [6.07, 6.45) is 1.40. The van der Waals surface area contributed by atoms with Crippen LogP contribution in [-0.4, -0.2) is 34.9 Å². The lowest BCUT2D eigenvalue weighted by Gasteiger charge is -2.31. The number of nitrogens with two attached hydrogens (primary N) is 1. The fourth-order valence-electron chi connectivity index (χ4n) is 2.44. The van der Waals surface area contributed by atoms with E-state index >= 15 is 0 Å². The van der Waals surface area contributed by atoms with Gasteiger partial charge < -0.3 is 15.8 Å². The Balaban J connectivity index is 2.07. The van der Waals surface area contributed by atoms with E-state index in [1.165, 1.54) is 0 Å². The van der Waals surface area contributed by atoms with Crippen molar-refractivity contribution in [3.05, 3.63) is 34.3 Å². The second kappa shape index (κ2) is 6.13. The number of rotatable bonds is 2. The summed E-state index contributed by atoms with van der Waals surface area (Å²) >= 11 is 6.19. The summed E-state index contributed by atoms with van der Waals surface area (Å²) in [4.78, 5) is 14.2. The van der Waals surface area contributed by atoms with Crippen LogP contribution in [0.1, 0.15) is 28.8 Å². The van der Waals surface area contributed by atoms with Crippen molar-refractivity contribution in [1.29, 1.82) is 0 Å². The summed E-state index contributed by atoms with van der Waals surface area (Å²) in [5.74, 6) is 0.222. The van der Waals surface area contributed by atoms with Crippen molar-refractivity contribution in [2.75, 3.05) is 13.1 Å². The molecule has 0 spiro atoms. The molecule has 20 heavy (non-hydrogen) atoms. The Morgan fingerprint density at radius 1 is 1.45 bits per heavy atom. The molecule has 1 aromatic carbocycles. The number of aryl methyl sites for hydroxylation is 1. The summed E-state index contributed by atoms with van der Waals surface area (Å²) in [6, 6.07) is 5.45. The Bertz CT molecular complexity index is 537. The van der Waals surface area contributed by atoms with Crippen LogP contribution in [0.15, 0.2) is 23.4 Å². The summed E-state index contributed by atoms with van der Waals surface area (Å²) in [5.41, 5.74) is 7.03. The first-order valence-electron chi connectivity index (χ1n) is 6.56. The van der Waals surface area contributed by atoms with Gasteiger partial charge in [-0.25, -0.2) is 0 Å². The number of carbonyl (C=O) groups is 1. The van der Waals surface area contributed by atoms with Crippen molar-refractivity contribution >= 4 is 23.3 Å². The zero-order valence-corrected chi connectivity index (χ0v) is 12.1. The SMILES string of the molecule is Cc1cccc(C(=O)N2CCC(/C(N)=N/O)CC2)c1Cl. The average Bonchev–Trinajstić information content (AvgIpc) is 2.48. The number of amidine groups is 1. The lowest BCUT2D eigenvalue weighted by atomic mass is 9.95. The van der Waals surface area contributed by atoms with Crippen LogP contribution < -0.4 is 5.73 Å². The molecule has 0 atom stereocenters. The molecule has 0 aromatic heterocycles. The van der Waals surface area contributed by atoms with E-state index in [9.17, 15) is 4.79 Å². The normalized spacial score (nSPS) is 17.3. The minimum absolute atomic E-state index is 0.0389. The number of oxime groups is 1. The molecule has 0 saturated carbocycles. The topological polar surface area (TPSA) is 78.9 Å². The number of halogens is 1. The van der Waals surface area contributed by atoms with Crippen molar-refractivity contribution in [3.8, 4) is 0 Å². The molecule has 1 saturated heterocycles. The maximum atomic E-state index is 12.4. The molecule has 3 N–H and O–H groups in total. The molecule has 0 unspecified atom stereocenters. The average molecular weight is 296 g/mol. The van der Waals surface area contributed by atoms with Gasteiger partial charge in [-0.3, -0.25) is 4.79 Å². The Morgan fingerprint density at radius 3 is 2.70 bits per heavy atom. The zero-order chi connectivity index (χ0) is 14.7. The van der Waals surface area contributed by atoms with Crippen LogP contribution in [-0.2, 0) is 0 Å². The molecule has 1 amide bonds. The first-order chi connectivity index (χ1) is 9.54. The number of nitrogens with zero attached hydrogens (tertiary/aromatic N) is 2. The van der Waals surface area contributed by atoms with Crippen molar-refractivity contribution in [3.63, 3.8) is 0 Å². The summed E-state index contributed by atoms with van der Waals surface area (Å²) in [7, 11) is 0. The van der Waals surface area contributed by atoms with Crippen molar-refractivity contribution in [2.45, 2.75) is 19.8 Å². The van der Waals surface area contributed by atoms with E-state index in [1.54, 1.807) is 11.0 Å². The van der Waals surface area contributed by atoms with Gasteiger partial charge in [0.25, 0.3) is 5.91 Å².